The molecular formula is C17H15BrN2O4. The Morgan fingerprint density at radius 1 is 1.29 bits per heavy atom. The van der Waals surface area contributed by atoms with Gasteiger partial charge in [0, 0.05) is 23.3 Å². The molecule has 0 fully saturated rings. The molecule has 1 heterocycles. The second-order valence-corrected chi connectivity index (χ2v) is 6.65. The smallest absolute Gasteiger partial charge is 0.269 e. The van der Waals surface area contributed by atoms with E-state index in [2.05, 4.69) is 20.9 Å². The molecule has 1 N–H and O–H groups in total. The Bertz CT molecular complexity index is 946. The highest BCUT2D eigenvalue weighted by atomic mass is 79.9. The van der Waals surface area contributed by atoms with Crippen LogP contribution in [0.3, 0.4) is 0 Å². The molecule has 0 amide bonds. The SMILES string of the molecule is Cc1c(Br)c(O)c(C(C)C)c2oc(-c3ccc([N+](=O)[O-])cc3)nc12. The molecule has 0 radical (unpaired) electrons. The molecule has 3 aromatic rings. The molecule has 0 atom stereocenters. The van der Waals surface area contributed by atoms with Crippen molar-refractivity contribution in [3.05, 3.63) is 50.0 Å². The summed E-state index contributed by atoms with van der Waals surface area (Å²) in [5.74, 6) is 0.561. The van der Waals surface area contributed by atoms with E-state index < -0.39 is 4.92 Å². The van der Waals surface area contributed by atoms with E-state index in [-0.39, 0.29) is 17.4 Å². The first-order chi connectivity index (χ1) is 11.3. The van der Waals surface area contributed by atoms with Crippen LogP contribution in [0.5, 0.6) is 5.75 Å². The minimum absolute atomic E-state index is 0.00861. The van der Waals surface area contributed by atoms with Crippen LogP contribution in [0.15, 0.2) is 33.2 Å². The molecule has 0 aliphatic heterocycles. The number of benzene rings is 2. The zero-order chi connectivity index (χ0) is 17.6. The second-order valence-electron chi connectivity index (χ2n) is 5.86. The van der Waals surface area contributed by atoms with Crippen molar-refractivity contribution in [2.45, 2.75) is 26.7 Å². The van der Waals surface area contributed by atoms with Crippen molar-refractivity contribution in [3.63, 3.8) is 0 Å². The van der Waals surface area contributed by atoms with Crippen molar-refractivity contribution in [2.24, 2.45) is 0 Å². The summed E-state index contributed by atoms with van der Waals surface area (Å²) >= 11 is 3.40. The molecule has 1 aromatic heterocycles. The first-order valence-electron chi connectivity index (χ1n) is 7.37. The zero-order valence-corrected chi connectivity index (χ0v) is 14.9. The molecule has 3 rings (SSSR count). The maximum atomic E-state index is 10.8. The van der Waals surface area contributed by atoms with Gasteiger partial charge in [0.15, 0.2) is 5.58 Å². The molecule has 24 heavy (non-hydrogen) atoms. The number of nitro groups is 1. The lowest BCUT2D eigenvalue weighted by molar-refractivity contribution is -0.384. The van der Waals surface area contributed by atoms with Crippen LogP contribution < -0.4 is 0 Å². The van der Waals surface area contributed by atoms with Crippen molar-refractivity contribution in [1.82, 2.24) is 4.98 Å². The van der Waals surface area contributed by atoms with Crippen LogP contribution >= 0.6 is 15.9 Å². The predicted molar refractivity (Wildman–Crippen MR) is 94.3 cm³/mol. The van der Waals surface area contributed by atoms with Gasteiger partial charge < -0.3 is 9.52 Å². The number of fused-ring (bicyclic) bond motifs is 1. The van der Waals surface area contributed by atoms with Crippen LogP contribution in [-0.2, 0) is 0 Å². The number of rotatable bonds is 3. The first kappa shape index (κ1) is 16.4. The van der Waals surface area contributed by atoms with E-state index in [4.69, 9.17) is 4.42 Å². The average molecular weight is 391 g/mol. The number of halogens is 1. The van der Waals surface area contributed by atoms with Crippen LogP contribution in [0.2, 0.25) is 0 Å². The summed E-state index contributed by atoms with van der Waals surface area (Å²) in [5.41, 5.74) is 3.32. The highest BCUT2D eigenvalue weighted by Gasteiger charge is 2.23. The molecule has 6 nitrogen and oxygen atoms in total. The number of aromatic nitrogens is 1. The Hall–Kier alpha value is -2.41. The predicted octanol–water partition coefficient (Wildman–Crippen LogP) is 5.30. The second kappa shape index (κ2) is 5.90. The fourth-order valence-electron chi connectivity index (χ4n) is 2.65. The number of aryl methyl sites for hydroxylation is 1. The van der Waals surface area contributed by atoms with Gasteiger partial charge in [0.25, 0.3) is 5.69 Å². The standard InChI is InChI=1S/C17H15BrN2O4/c1-8(2)12-15(21)13(18)9(3)14-16(12)24-17(19-14)10-4-6-11(7-5-10)20(22)23/h4-8,21H,1-3H3. The highest BCUT2D eigenvalue weighted by molar-refractivity contribution is 9.10. The minimum Gasteiger partial charge on any atom is -0.506 e. The Morgan fingerprint density at radius 3 is 2.46 bits per heavy atom. The number of hydrogen-bond acceptors (Lipinski definition) is 5. The average Bonchev–Trinajstić information content (AvgIpc) is 2.97. The summed E-state index contributed by atoms with van der Waals surface area (Å²) < 4.78 is 6.50. The molecule has 0 spiro atoms. The Morgan fingerprint density at radius 2 is 1.92 bits per heavy atom. The number of nitro benzene ring substituents is 1. The van der Waals surface area contributed by atoms with Gasteiger partial charge in [0.2, 0.25) is 5.89 Å². The summed E-state index contributed by atoms with van der Waals surface area (Å²) in [6, 6.07) is 6.02. The summed E-state index contributed by atoms with van der Waals surface area (Å²) in [6.07, 6.45) is 0. The largest absolute Gasteiger partial charge is 0.506 e. The number of non-ortho nitro benzene ring substituents is 1. The summed E-state index contributed by atoms with van der Waals surface area (Å²) in [7, 11) is 0. The molecule has 124 valence electrons. The van der Waals surface area contributed by atoms with Crippen LogP contribution in [0.25, 0.3) is 22.6 Å². The van der Waals surface area contributed by atoms with Gasteiger partial charge in [-0.1, -0.05) is 13.8 Å². The van der Waals surface area contributed by atoms with Crippen LogP contribution in [0.1, 0.15) is 30.9 Å². The molecule has 7 heteroatoms. The summed E-state index contributed by atoms with van der Waals surface area (Å²) in [4.78, 5) is 14.8. The highest BCUT2D eigenvalue weighted by Crippen LogP contribution is 2.43. The number of hydrogen-bond donors (Lipinski definition) is 1. The van der Waals surface area contributed by atoms with E-state index in [0.29, 0.717) is 32.6 Å². The van der Waals surface area contributed by atoms with Crippen molar-refractivity contribution >= 4 is 32.7 Å². The van der Waals surface area contributed by atoms with E-state index >= 15 is 0 Å². The summed E-state index contributed by atoms with van der Waals surface area (Å²) in [5, 5.41) is 21.2. The lowest BCUT2D eigenvalue weighted by Crippen LogP contribution is -1.93. The van der Waals surface area contributed by atoms with E-state index in [1.807, 2.05) is 20.8 Å². The summed E-state index contributed by atoms with van der Waals surface area (Å²) in [6.45, 7) is 5.77. The van der Waals surface area contributed by atoms with Gasteiger partial charge in [-0.2, -0.15) is 0 Å². The number of phenols is 1. The zero-order valence-electron chi connectivity index (χ0n) is 13.3. The normalized spacial score (nSPS) is 11.4. The maximum absolute atomic E-state index is 10.8. The van der Waals surface area contributed by atoms with Gasteiger partial charge in [-0.15, -0.1) is 0 Å². The third-order valence-electron chi connectivity index (χ3n) is 3.92. The van der Waals surface area contributed by atoms with Gasteiger partial charge in [-0.3, -0.25) is 10.1 Å². The number of nitrogens with zero attached hydrogens (tertiary/aromatic N) is 2. The third kappa shape index (κ3) is 2.54. The van der Waals surface area contributed by atoms with Gasteiger partial charge in [0.05, 0.1) is 9.40 Å². The van der Waals surface area contributed by atoms with Crippen LogP contribution in [-0.4, -0.2) is 15.0 Å². The third-order valence-corrected chi connectivity index (χ3v) is 4.89. The maximum Gasteiger partial charge on any atom is 0.269 e. The van der Waals surface area contributed by atoms with Crippen molar-refractivity contribution in [2.75, 3.05) is 0 Å². The fourth-order valence-corrected chi connectivity index (χ4v) is 3.05. The molecule has 2 aromatic carbocycles. The minimum atomic E-state index is -0.452. The van der Waals surface area contributed by atoms with Crippen molar-refractivity contribution < 1.29 is 14.4 Å². The van der Waals surface area contributed by atoms with E-state index in [1.54, 1.807) is 12.1 Å². The lowest BCUT2D eigenvalue weighted by Gasteiger charge is -2.12. The number of aromatic hydroxyl groups is 1. The van der Waals surface area contributed by atoms with Gasteiger partial charge in [-0.25, -0.2) is 4.98 Å². The monoisotopic (exact) mass is 390 g/mol. The van der Waals surface area contributed by atoms with Gasteiger partial charge in [0.1, 0.15) is 11.3 Å². The van der Waals surface area contributed by atoms with E-state index in [9.17, 15) is 15.2 Å². The molecule has 0 saturated carbocycles. The number of phenolic OH excluding ortho intramolecular Hbond substituents is 1. The van der Waals surface area contributed by atoms with E-state index in [1.165, 1.54) is 12.1 Å². The lowest BCUT2D eigenvalue weighted by atomic mass is 9.99. The Labute approximate surface area is 146 Å². The molecule has 0 aliphatic carbocycles. The van der Waals surface area contributed by atoms with Gasteiger partial charge in [-0.05, 0) is 46.5 Å². The molecule has 0 bridgehead atoms. The van der Waals surface area contributed by atoms with Crippen LogP contribution in [0, 0.1) is 17.0 Å². The van der Waals surface area contributed by atoms with Crippen LogP contribution in [0.4, 0.5) is 5.69 Å². The first-order valence-corrected chi connectivity index (χ1v) is 8.16. The molecule has 0 aliphatic rings. The Kier molecular flexibility index (Phi) is 4.04. The van der Waals surface area contributed by atoms with Crippen molar-refractivity contribution in [1.29, 1.82) is 0 Å². The van der Waals surface area contributed by atoms with E-state index in [0.717, 1.165) is 5.56 Å². The fraction of sp³-hybridized carbons (Fsp3) is 0.235. The molecule has 0 saturated heterocycles. The molecular weight excluding hydrogens is 376 g/mol. The number of oxazole rings is 1. The topological polar surface area (TPSA) is 89.4 Å². The van der Waals surface area contributed by atoms with Gasteiger partial charge >= 0.3 is 0 Å². The Balaban J connectivity index is 2.23. The van der Waals surface area contributed by atoms with Crippen molar-refractivity contribution in [3.8, 4) is 17.2 Å². The quantitative estimate of drug-likeness (QED) is 0.483. The molecule has 0 unspecified atom stereocenters.